The van der Waals surface area contributed by atoms with Crippen LogP contribution in [-0.4, -0.2) is 19.1 Å². The minimum absolute atomic E-state index is 0. The van der Waals surface area contributed by atoms with Crippen LogP contribution in [0.5, 0.6) is 0 Å². The maximum absolute atomic E-state index is 11.2. The maximum Gasteiger partial charge on any atom is 0.305 e. The Labute approximate surface area is 164 Å². The van der Waals surface area contributed by atoms with Crippen molar-refractivity contribution in [3.63, 3.8) is 0 Å². The quantitative estimate of drug-likeness (QED) is 0.557. The number of hydrogen-bond donors (Lipinski definition) is 2. The SMILES string of the molecule is COC(=O)CCc1ccc(N[C@@H]2C[C@H](C)CC(C)(C)C2)c(N)c1.Cl.Cl. The molecule has 1 aromatic rings. The Bertz CT molecular complexity index is 564. The molecule has 0 amide bonds. The Kier molecular flexibility index (Phi) is 9.67. The molecule has 2 atom stereocenters. The van der Waals surface area contributed by atoms with Gasteiger partial charge < -0.3 is 15.8 Å². The number of carbonyl (C=O) groups excluding carboxylic acids is 1. The molecule has 1 aromatic carbocycles. The zero-order chi connectivity index (χ0) is 17.0. The maximum atomic E-state index is 11.2. The summed E-state index contributed by atoms with van der Waals surface area (Å²) in [6.07, 6.45) is 4.68. The highest BCUT2D eigenvalue weighted by molar-refractivity contribution is 5.85. The Hall–Kier alpha value is -1.13. The third-order valence-corrected chi connectivity index (χ3v) is 4.71. The van der Waals surface area contributed by atoms with Crippen LogP contribution >= 0.6 is 24.8 Å². The summed E-state index contributed by atoms with van der Waals surface area (Å²) < 4.78 is 4.67. The number of nitrogens with one attached hydrogen (secondary N) is 1. The number of esters is 1. The normalized spacial score (nSPS) is 21.4. The molecule has 1 fully saturated rings. The van der Waals surface area contributed by atoms with Crippen LogP contribution in [0.1, 0.15) is 52.0 Å². The van der Waals surface area contributed by atoms with Crippen LogP contribution in [0.3, 0.4) is 0 Å². The molecule has 0 unspecified atom stereocenters. The molecule has 0 saturated heterocycles. The second-order valence-electron chi connectivity index (χ2n) is 7.75. The first-order valence-corrected chi connectivity index (χ1v) is 8.51. The summed E-state index contributed by atoms with van der Waals surface area (Å²) in [5, 5.41) is 3.62. The summed E-state index contributed by atoms with van der Waals surface area (Å²) >= 11 is 0. The van der Waals surface area contributed by atoms with Crippen molar-refractivity contribution in [2.75, 3.05) is 18.2 Å². The summed E-state index contributed by atoms with van der Waals surface area (Å²) in [5.41, 5.74) is 9.40. The van der Waals surface area contributed by atoms with E-state index in [-0.39, 0.29) is 30.8 Å². The number of ether oxygens (including phenoxy) is 1. The fraction of sp³-hybridized carbons (Fsp3) is 0.632. The van der Waals surface area contributed by atoms with Gasteiger partial charge in [0, 0.05) is 12.5 Å². The first kappa shape index (κ1) is 23.9. The molecule has 2 rings (SSSR count). The van der Waals surface area contributed by atoms with Crippen molar-refractivity contribution < 1.29 is 9.53 Å². The lowest BCUT2D eigenvalue weighted by Gasteiger charge is -2.39. The van der Waals surface area contributed by atoms with Crippen molar-refractivity contribution >= 4 is 42.2 Å². The van der Waals surface area contributed by atoms with Gasteiger partial charge in [0.25, 0.3) is 0 Å². The van der Waals surface area contributed by atoms with E-state index in [0.29, 0.717) is 24.3 Å². The van der Waals surface area contributed by atoms with E-state index in [1.54, 1.807) is 0 Å². The second-order valence-corrected chi connectivity index (χ2v) is 7.75. The van der Waals surface area contributed by atoms with Crippen LogP contribution in [0.25, 0.3) is 0 Å². The van der Waals surface area contributed by atoms with Crippen molar-refractivity contribution in [1.29, 1.82) is 0 Å². The number of aryl methyl sites for hydroxylation is 1. The van der Waals surface area contributed by atoms with E-state index >= 15 is 0 Å². The highest BCUT2D eigenvalue weighted by Gasteiger charge is 2.32. The van der Waals surface area contributed by atoms with Crippen molar-refractivity contribution in [2.45, 2.75) is 58.9 Å². The third-order valence-electron chi connectivity index (χ3n) is 4.71. The predicted octanol–water partition coefficient (Wildman–Crippen LogP) is 4.84. The molecule has 25 heavy (non-hydrogen) atoms. The number of methoxy groups -OCH3 is 1. The van der Waals surface area contributed by atoms with Gasteiger partial charge in [-0.25, -0.2) is 0 Å². The van der Waals surface area contributed by atoms with Crippen molar-refractivity contribution in [1.82, 2.24) is 0 Å². The summed E-state index contributed by atoms with van der Waals surface area (Å²) in [6, 6.07) is 6.51. The van der Waals surface area contributed by atoms with E-state index < -0.39 is 0 Å². The molecule has 0 aromatic heterocycles. The lowest BCUT2D eigenvalue weighted by Crippen LogP contribution is -2.35. The van der Waals surface area contributed by atoms with Crippen molar-refractivity contribution in [3.8, 4) is 0 Å². The fourth-order valence-corrected chi connectivity index (χ4v) is 3.92. The number of carbonyl (C=O) groups is 1. The molecule has 0 radical (unpaired) electrons. The first-order valence-electron chi connectivity index (χ1n) is 8.51. The number of anilines is 2. The molecule has 0 aliphatic heterocycles. The van der Waals surface area contributed by atoms with Gasteiger partial charge in [-0.05, 0) is 54.7 Å². The molecule has 4 nitrogen and oxygen atoms in total. The Balaban J connectivity index is 0.00000288. The zero-order valence-corrected chi connectivity index (χ0v) is 17.3. The topological polar surface area (TPSA) is 64.3 Å². The van der Waals surface area contributed by atoms with Crippen LogP contribution < -0.4 is 11.1 Å². The summed E-state index contributed by atoms with van der Waals surface area (Å²) in [6.45, 7) is 7.02. The lowest BCUT2D eigenvalue weighted by atomic mass is 9.70. The van der Waals surface area contributed by atoms with E-state index in [1.165, 1.54) is 26.4 Å². The van der Waals surface area contributed by atoms with Crippen LogP contribution in [-0.2, 0) is 16.0 Å². The van der Waals surface area contributed by atoms with Crippen molar-refractivity contribution in [2.24, 2.45) is 11.3 Å². The van der Waals surface area contributed by atoms with E-state index in [1.807, 2.05) is 18.2 Å². The number of halogens is 2. The van der Waals surface area contributed by atoms with E-state index in [9.17, 15) is 4.79 Å². The predicted molar refractivity (Wildman–Crippen MR) is 110 cm³/mol. The standard InChI is InChI=1S/C19H30N2O2.2ClH/c1-13-9-15(12-19(2,3)11-13)21-17-7-5-14(10-16(17)20)6-8-18(22)23-4;;/h5,7,10,13,15,21H,6,8-9,11-12,20H2,1-4H3;2*1H/t13-,15+;;/m0../s1. The molecular formula is C19H32Cl2N2O2. The molecule has 0 bridgehead atoms. The average Bonchev–Trinajstić information content (AvgIpc) is 2.45. The van der Waals surface area contributed by atoms with Gasteiger partial charge in [0.05, 0.1) is 18.5 Å². The van der Waals surface area contributed by atoms with Crippen LogP contribution in [0.4, 0.5) is 11.4 Å². The Morgan fingerprint density at radius 3 is 2.56 bits per heavy atom. The monoisotopic (exact) mass is 390 g/mol. The zero-order valence-electron chi connectivity index (χ0n) is 15.6. The van der Waals surface area contributed by atoms with E-state index in [0.717, 1.165) is 22.9 Å². The average molecular weight is 391 g/mol. The minimum atomic E-state index is -0.191. The van der Waals surface area contributed by atoms with Gasteiger partial charge in [0.1, 0.15) is 0 Å². The molecule has 144 valence electrons. The molecular weight excluding hydrogens is 359 g/mol. The molecule has 6 heteroatoms. The molecule has 1 aliphatic rings. The summed E-state index contributed by atoms with van der Waals surface area (Å²) in [5.74, 6) is 0.543. The number of nitrogens with two attached hydrogens (primary N) is 1. The van der Waals surface area contributed by atoms with Crippen LogP contribution in [0.15, 0.2) is 18.2 Å². The highest BCUT2D eigenvalue weighted by Crippen LogP contribution is 2.40. The van der Waals surface area contributed by atoms with Gasteiger partial charge in [-0.15, -0.1) is 24.8 Å². The van der Waals surface area contributed by atoms with Gasteiger partial charge in [0.2, 0.25) is 0 Å². The van der Waals surface area contributed by atoms with Crippen molar-refractivity contribution in [3.05, 3.63) is 23.8 Å². The second kappa shape index (κ2) is 10.1. The van der Waals surface area contributed by atoms with Gasteiger partial charge >= 0.3 is 5.97 Å². The van der Waals surface area contributed by atoms with Crippen LogP contribution in [0, 0.1) is 11.3 Å². The smallest absolute Gasteiger partial charge is 0.305 e. The van der Waals surface area contributed by atoms with Gasteiger partial charge in [-0.2, -0.15) is 0 Å². The molecule has 1 aliphatic carbocycles. The van der Waals surface area contributed by atoms with Crippen LogP contribution in [0.2, 0.25) is 0 Å². The van der Waals surface area contributed by atoms with Gasteiger partial charge in [-0.1, -0.05) is 26.8 Å². The minimum Gasteiger partial charge on any atom is -0.469 e. The third kappa shape index (κ3) is 7.33. The largest absolute Gasteiger partial charge is 0.469 e. The molecule has 0 spiro atoms. The summed E-state index contributed by atoms with van der Waals surface area (Å²) in [7, 11) is 1.41. The molecule has 1 saturated carbocycles. The Morgan fingerprint density at radius 2 is 2.00 bits per heavy atom. The number of nitrogen functional groups attached to an aromatic ring is 1. The lowest BCUT2D eigenvalue weighted by molar-refractivity contribution is -0.140. The highest BCUT2D eigenvalue weighted by atomic mass is 35.5. The van der Waals surface area contributed by atoms with E-state index in [2.05, 4.69) is 30.8 Å². The Morgan fingerprint density at radius 1 is 1.32 bits per heavy atom. The van der Waals surface area contributed by atoms with E-state index in [4.69, 9.17) is 5.73 Å². The number of hydrogen-bond acceptors (Lipinski definition) is 4. The van der Waals surface area contributed by atoms with Gasteiger partial charge in [0.15, 0.2) is 0 Å². The first-order chi connectivity index (χ1) is 10.8. The number of benzene rings is 1. The molecule has 0 heterocycles. The summed E-state index contributed by atoms with van der Waals surface area (Å²) in [4.78, 5) is 11.2. The van der Waals surface area contributed by atoms with Gasteiger partial charge in [-0.3, -0.25) is 4.79 Å². The fourth-order valence-electron chi connectivity index (χ4n) is 3.92. The number of rotatable bonds is 5. The molecule has 3 N–H and O–H groups in total.